The molecule has 1 aromatic heterocycles. The quantitative estimate of drug-likeness (QED) is 0.675. The number of nitriles is 1. The predicted molar refractivity (Wildman–Crippen MR) is 105 cm³/mol. The number of nitrogens with zero attached hydrogens (tertiary/aromatic N) is 2. The van der Waals surface area contributed by atoms with Crippen LogP contribution in [0.2, 0.25) is 0 Å². The monoisotopic (exact) mass is 361 g/mol. The van der Waals surface area contributed by atoms with Gasteiger partial charge in [-0.1, -0.05) is 25.1 Å². The van der Waals surface area contributed by atoms with E-state index in [2.05, 4.69) is 16.0 Å². The van der Waals surface area contributed by atoms with Crippen LogP contribution in [0.5, 0.6) is 11.5 Å². The van der Waals surface area contributed by atoms with Gasteiger partial charge < -0.3 is 14.5 Å². The fourth-order valence-corrected chi connectivity index (χ4v) is 2.64. The molecule has 0 atom stereocenters. The van der Waals surface area contributed by atoms with E-state index < -0.39 is 0 Å². The van der Waals surface area contributed by atoms with Crippen molar-refractivity contribution in [3.8, 4) is 17.6 Å². The highest BCUT2D eigenvalue weighted by Gasteiger charge is 2.10. The molecule has 0 bridgehead atoms. The molecule has 0 saturated heterocycles. The third-order valence-corrected chi connectivity index (χ3v) is 3.95. The molecule has 6 nitrogen and oxygen atoms in total. The van der Waals surface area contributed by atoms with E-state index >= 15 is 0 Å². The number of ether oxygens (including phenoxy) is 2. The Bertz CT molecular complexity index is 1090. The number of fused-ring (bicyclic) bond motifs is 1. The van der Waals surface area contributed by atoms with E-state index in [1.54, 1.807) is 49.6 Å². The normalized spacial score (nSPS) is 11.2. The van der Waals surface area contributed by atoms with Crippen LogP contribution in [0.3, 0.4) is 0 Å². The van der Waals surface area contributed by atoms with E-state index in [0.29, 0.717) is 29.0 Å². The van der Waals surface area contributed by atoms with Gasteiger partial charge in [-0.2, -0.15) is 5.26 Å². The van der Waals surface area contributed by atoms with E-state index in [4.69, 9.17) is 9.47 Å². The molecule has 0 amide bonds. The summed E-state index contributed by atoms with van der Waals surface area (Å²) in [6.07, 6.45) is 2.53. The molecule has 0 aliphatic heterocycles. The van der Waals surface area contributed by atoms with Crippen molar-refractivity contribution < 1.29 is 9.47 Å². The number of aromatic nitrogens is 2. The standard InChI is InChI=1S/C21H19N3O3/c1-3-10-27-19-12-14(8-9-18(19)26-2)11-15(13-22)20-23-17-7-5-4-6-16(17)21(25)24-20/h4-9,11-12H,3,10H2,1-2H3,(H,23,24,25)/b15-11-. The summed E-state index contributed by atoms with van der Waals surface area (Å²) >= 11 is 0. The Kier molecular flexibility index (Phi) is 5.53. The number of para-hydroxylation sites is 1. The summed E-state index contributed by atoms with van der Waals surface area (Å²) in [6, 6.07) is 14.5. The Morgan fingerprint density at radius 1 is 1.26 bits per heavy atom. The lowest BCUT2D eigenvalue weighted by Crippen LogP contribution is -2.11. The van der Waals surface area contributed by atoms with Crippen molar-refractivity contribution in [2.24, 2.45) is 0 Å². The van der Waals surface area contributed by atoms with E-state index in [1.807, 2.05) is 13.0 Å². The minimum Gasteiger partial charge on any atom is -0.493 e. The van der Waals surface area contributed by atoms with Crippen LogP contribution in [-0.2, 0) is 0 Å². The first-order valence-corrected chi connectivity index (χ1v) is 8.58. The number of nitrogens with one attached hydrogen (secondary N) is 1. The first kappa shape index (κ1) is 18.2. The fraction of sp³-hybridized carbons (Fsp3) is 0.190. The van der Waals surface area contributed by atoms with Gasteiger partial charge in [0.1, 0.15) is 6.07 Å². The lowest BCUT2D eigenvalue weighted by Gasteiger charge is -2.10. The molecular weight excluding hydrogens is 342 g/mol. The Hall–Kier alpha value is -3.59. The summed E-state index contributed by atoms with van der Waals surface area (Å²) in [7, 11) is 1.58. The number of rotatable bonds is 6. The molecule has 136 valence electrons. The number of allylic oxidation sites excluding steroid dienone is 1. The lowest BCUT2D eigenvalue weighted by molar-refractivity contribution is 0.294. The molecule has 0 saturated carbocycles. The molecule has 1 N–H and O–H groups in total. The van der Waals surface area contributed by atoms with Gasteiger partial charge in [0, 0.05) is 0 Å². The van der Waals surface area contributed by atoms with Gasteiger partial charge in [-0.3, -0.25) is 4.79 Å². The Labute approximate surface area is 156 Å². The van der Waals surface area contributed by atoms with E-state index in [1.165, 1.54) is 0 Å². The van der Waals surface area contributed by atoms with Crippen LogP contribution in [-0.4, -0.2) is 23.7 Å². The van der Waals surface area contributed by atoms with E-state index in [9.17, 15) is 10.1 Å². The summed E-state index contributed by atoms with van der Waals surface area (Å²) in [5.74, 6) is 1.45. The third-order valence-electron chi connectivity index (χ3n) is 3.95. The zero-order valence-corrected chi connectivity index (χ0v) is 15.2. The maximum Gasteiger partial charge on any atom is 0.259 e. The highest BCUT2D eigenvalue weighted by Crippen LogP contribution is 2.29. The largest absolute Gasteiger partial charge is 0.493 e. The number of benzene rings is 2. The summed E-state index contributed by atoms with van der Waals surface area (Å²) in [5, 5.41) is 10.1. The van der Waals surface area contributed by atoms with Crippen molar-refractivity contribution in [1.82, 2.24) is 9.97 Å². The van der Waals surface area contributed by atoms with Crippen molar-refractivity contribution in [3.63, 3.8) is 0 Å². The molecule has 6 heteroatoms. The van der Waals surface area contributed by atoms with Crippen molar-refractivity contribution in [2.75, 3.05) is 13.7 Å². The first-order valence-electron chi connectivity index (χ1n) is 8.58. The third kappa shape index (κ3) is 3.98. The minimum absolute atomic E-state index is 0.230. The second-order valence-corrected chi connectivity index (χ2v) is 5.86. The van der Waals surface area contributed by atoms with Crippen LogP contribution in [0.25, 0.3) is 22.6 Å². The zero-order chi connectivity index (χ0) is 19.2. The number of aromatic amines is 1. The molecule has 1 heterocycles. The lowest BCUT2D eigenvalue weighted by atomic mass is 10.1. The van der Waals surface area contributed by atoms with E-state index in [-0.39, 0.29) is 17.0 Å². The van der Waals surface area contributed by atoms with Crippen LogP contribution in [0.15, 0.2) is 47.3 Å². The second kappa shape index (κ2) is 8.19. The topological polar surface area (TPSA) is 88.0 Å². The maximum atomic E-state index is 12.3. The van der Waals surface area contributed by atoms with Crippen LogP contribution < -0.4 is 15.0 Å². The summed E-state index contributed by atoms with van der Waals surface area (Å²) in [6.45, 7) is 2.58. The second-order valence-electron chi connectivity index (χ2n) is 5.86. The number of hydrogen-bond acceptors (Lipinski definition) is 5. The number of methoxy groups -OCH3 is 1. The molecule has 0 unspecified atom stereocenters. The van der Waals surface area contributed by atoms with Gasteiger partial charge >= 0.3 is 0 Å². The van der Waals surface area contributed by atoms with Gasteiger partial charge in [-0.25, -0.2) is 4.98 Å². The molecule has 3 aromatic rings. The average Bonchev–Trinajstić information content (AvgIpc) is 2.70. The molecule has 0 aliphatic carbocycles. The van der Waals surface area contributed by atoms with Crippen LogP contribution in [0, 0.1) is 11.3 Å². The Morgan fingerprint density at radius 3 is 2.81 bits per heavy atom. The van der Waals surface area contributed by atoms with Gasteiger partial charge in [-0.15, -0.1) is 0 Å². The molecule has 0 aliphatic rings. The van der Waals surface area contributed by atoms with Crippen molar-refractivity contribution in [2.45, 2.75) is 13.3 Å². The highest BCUT2D eigenvalue weighted by atomic mass is 16.5. The predicted octanol–water partition coefficient (Wildman–Crippen LogP) is 3.78. The molecule has 27 heavy (non-hydrogen) atoms. The molecule has 0 radical (unpaired) electrons. The minimum atomic E-state index is -0.279. The van der Waals surface area contributed by atoms with Crippen LogP contribution >= 0.6 is 0 Å². The highest BCUT2D eigenvalue weighted by molar-refractivity contribution is 5.89. The fourth-order valence-electron chi connectivity index (χ4n) is 2.64. The smallest absolute Gasteiger partial charge is 0.259 e. The molecule has 0 spiro atoms. The molecule has 2 aromatic carbocycles. The number of hydrogen-bond donors (Lipinski definition) is 1. The van der Waals surface area contributed by atoms with Gasteiger partial charge in [0.2, 0.25) is 0 Å². The van der Waals surface area contributed by atoms with Gasteiger partial charge in [0.05, 0.1) is 30.2 Å². The zero-order valence-electron chi connectivity index (χ0n) is 15.2. The van der Waals surface area contributed by atoms with Crippen LogP contribution in [0.4, 0.5) is 0 Å². The molecular formula is C21H19N3O3. The summed E-state index contributed by atoms with van der Waals surface area (Å²) < 4.78 is 11.0. The number of H-pyrrole nitrogens is 1. The Balaban J connectivity index is 2.04. The average molecular weight is 361 g/mol. The van der Waals surface area contributed by atoms with E-state index in [0.717, 1.165) is 12.0 Å². The van der Waals surface area contributed by atoms with Crippen molar-refractivity contribution in [1.29, 1.82) is 5.26 Å². The first-order chi connectivity index (χ1) is 13.2. The van der Waals surface area contributed by atoms with Crippen molar-refractivity contribution in [3.05, 3.63) is 64.2 Å². The molecule has 3 rings (SSSR count). The van der Waals surface area contributed by atoms with Crippen molar-refractivity contribution >= 4 is 22.6 Å². The SMILES string of the molecule is CCCOc1cc(/C=C(/C#N)c2nc3ccccc3c(=O)[nH]2)ccc1OC. The van der Waals surface area contributed by atoms with Crippen LogP contribution in [0.1, 0.15) is 24.7 Å². The Morgan fingerprint density at radius 2 is 2.07 bits per heavy atom. The molecule has 0 fully saturated rings. The summed E-state index contributed by atoms with van der Waals surface area (Å²) in [4.78, 5) is 19.3. The summed E-state index contributed by atoms with van der Waals surface area (Å²) in [5.41, 5.74) is 1.26. The maximum absolute atomic E-state index is 12.3. The van der Waals surface area contributed by atoms with Gasteiger partial charge in [0.15, 0.2) is 17.3 Å². The van der Waals surface area contributed by atoms with Gasteiger partial charge in [-0.05, 0) is 42.3 Å². The van der Waals surface area contributed by atoms with Gasteiger partial charge in [0.25, 0.3) is 5.56 Å².